The van der Waals surface area contributed by atoms with Gasteiger partial charge in [0.25, 0.3) is 5.91 Å². The van der Waals surface area contributed by atoms with E-state index in [4.69, 9.17) is 16.3 Å². The number of nitrogens with zero attached hydrogens (tertiary/aromatic N) is 1. The predicted octanol–water partition coefficient (Wildman–Crippen LogP) is 3.89. The number of ether oxygens (including phenoxy) is 1. The molecule has 0 aliphatic carbocycles. The minimum Gasteiger partial charge on any atom is -0.480 e. The van der Waals surface area contributed by atoms with Crippen LogP contribution in [0.25, 0.3) is 6.08 Å². The molecule has 1 aliphatic rings. The van der Waals surface area contributed by atoms with Crippen LogP contribution in [0.5, 0.6) is 5.75 Å². The van der Waals surface area contributed by atoms with Gasteiger partial charge >= 0.3 is 5.97 Å². The second kappa shape index (κ2) is 6.61. The summed E-state index contributed by atoms with van der Waals surface area (Å²) < 4.78 is 5.74. The summed E-state index contributed by atoms with van der Waals surface area (Å²) in [5.41, 5.74) is 2.09. The maximum absolute atomic E-state index is 12.9. The summed E-state index contributed by atoms with van der Waals surface area (Å²) in [6.45, 7) is 3.34. The largest absolute Gasteiger partial charge is 0.480 e. The molecule has 3 rings (SSSR count). The van der Waals surface area contributed by atoms with Crippen LogP contribution < -0.4 is 9.64 Å². The van der Waals surface area contributed by atoms with Gasteiger partial charge in [-0.25, -0.2) is 4.79 Å². The second-order valence-electron chi connectivity index (χ2n) is 5.82. The van der Waals surface area contributed by atoms with Gasteiger partial charge in [0.15, 0.2) is 11.5 Å². The highest BCUT2D eigenvalue weighted by Gasteiger charge is 2.36. The van der Waals surface area contributed by atoms with Crippen LogP contribution in [0.15, 0.2) is 48.2 Å². The molecule has 0 saturated heterocycles. The fourth-order valence-corrected chi connectivity index (χ4v) is 2.71. The van der Waals surface area contributed by atoms with Crippen molar-refractivity contribution < 1.29 is 19.4 Å². The fourth-order valence-electron chi connectivity index (χ4n) is 2.59. The Bertz CT molecular complexity index is 873. The van der Waals surface area contributed by atoms with Crippen molar-refractivity contribution >= 4 is 35.2 Å². The maximum Gasteiger partial charge on any atom is 0.326 e. The van der Waals surface area contributed by atoms with Gasteiger partial charge in [-0.15, -0.1) is 0 Å². The zero-order chi connectivity index (χ0) is 18.1. The lowest BCUT2D eigenvalue weighted by Crippen LogP contribution is -2.47. The molecule has 1 atom stereocenters. The number of carboxylic acid groups (broad SMARTS) is 1. The molecule has 0 bridgehead atoms. The van der Waals surface area contributed by atoms with Gasteiger partial charge in [-0.05, 0) is 55.3 Å². The smallest absolute Gasteiger partial charge is 0.326 e. The van der Waals surface area contributed by atoms with Gasteiger partial charge in [-0.3, -0.25) is 9.69 Å². The number of fused-ring (bicyclic) bond motifs is 1. The molecule has 0 radical (unpaired) electrons. The molecule has 5 nitrogen and oxygen atoms in total. The standard InChI is InChI=1S/C19H16ClNO4/c1-11-3-8-16-15(9-11)21(12(2)19(23)24)18(22)17(25-16)10-13-4-6-14(20)7-5-13/h3-10,12H,1-2H3,(H,23,24)/b17-10+. The van der Waals surface area contributed by atoms with Crippen LogP contribution in [-0.4, -0.2) is 23.0 Å². The summed E-state index contributed by atoms with van der Waals surface area (Å²) in [7, 11) is 0. The number of benzene rings is 2. The molecular weight excluding hydrogens is 342 g/mol. The molecular formula is C19H16ClNO4. The minimum absolute atomic E-state index is 0.0618. The van der Waals surface area contributed by atoms with Gasteiger partial charge in [0.05, 0.1) is 5.69 Å². The Labute approximate surface area is 150 Å². The van der Waals surface area contributed by atoms with Crippen molar-refractivity contribution in [3.8, 4) is 5.75 Å². The lowest BCUT2D eigenvalue weighted by molar-refractivity contribution is -0.139. The highest BCUT2D eigenvalue weighted by molar-refractivity contribution is 6.30. The Morgan fingerprint density at radius 3 is 2.56 bits per heavy atom. The zero-order valence-electron chi connectivity index (χ0n) is 13.7. The third-order valence-corrected chi connectivity index (χ3v) is 4.19. The Hall–Kier alpha value is -2.79. The summed E-state index contributed by atoms with van der Waals surface area (Å²) in [5, 5.41) is 9.97. The number of carbonyl (C=O) groups excluding carboxylic acids is 1. The van der Waals surface area contributed by atoms with Crippen molar-refractivity contribution in [1.82, 2.24) is 0 Å². The number of rotatable bonds is 3. The molecule has 6 heteroatoms. The fraction of sp³-hybridized carbons (Fsp3) is 0.158. The van der Waals surface area contributed by atoms with Crippen molar-refractivity contribution in [2.75, 3.05) is 4.90 Å². The van der Waals surface area contributed by atoms with Crippen LogP contribution >= 0.6 is 11.6 Å². The first-order valence-electron chi connectivity index (χ1n) is 7.69. The molecule has 1 amide bonds. The van der Waals surface area contributed by atoms with Gasteiger partial charge in [-0.1, -0.05) is 29.8 Å². The predicted molar refractivity (Wildman–Crippen MR) is 95.8 cm³/mol. The average molecular weight is 358 g/mol. The van der Waals surface area contributed by atoms with E-state index in [2.05, 4.69) is 0 Å². The third kappa shape index (κ3) is 3.37. The molecule has 1 heterocycles. The molecule has 128 valence electrons. The number of aryl methyl sites for hydroxylation is 1. The lowest BCUT2D eigenvalue weighted by atomic mass is 10.1. The normalized spacial score (nSPS) is 16.4. The molecule has 1 unspecified atom stereocenters. The first kappa shape index (κ1) is 17.0. The van der Waals surface area contributed by atoms with Crippen LogP contribution in [0.3, 0.4) is 0 Å². The Balaban J connectivity index is 2.09. The Kier molecular flexibility index (Phi) is 4.51. The zero-order valence-corrected chi connectivity index (χ0v) is 14.4. The van der Waals surface area contributed by atoms with Gasteiger partial charge in [0, 0.05) is 5.02 Å². The molecule has 0 aromatic heterocycles. The summed E-state index contributed by atoms with van der Waals surface area (Å²) in [6, 6.07) is 11.2. The molecule has 25 heavy (non-hydrogen) atoms. The van der Waals surface area contributed by atoms with E-state index in [0.29, 0.717) is 16.5 Å². The first-order chi connectivity index (χ1) is 11.9. The average Bonchev–Trinajstić information content (AvgIpc) is 2.57. The maximum atomic E-state index is 12.9. The third-order valence-electron chi connectivity index (χ3n) is 3.94. The molecule has 2 aromatic rings. The molecule has 1 aliphatic heterocycles. The molecule has 0 spiro atoms. The number of halogens is 1. The van der Waals surface area contributed by atoms with Crippen molar-refractivity contribution in [2.45, 2.75) is 19.9 Å². The van der Waals surface area contributed by atoms with Crippen molar-refractivity contribution in [3.05, 3.63) is 64.4 Å². The van der Waals surface area contributed by atoms with Gasteiger partial charge in [0.1, 0.15) is 6.04 Å². The van der Waals surface area contributed by atoms with Crippen molar-refractivity contribution in [3.63, 3.8) is 0 Å². The number of carbonyl (C=O) groups is 2. The first-order valence-corrected chi connectivity index (χ1v) is 8.07. The van der Waals surface area contributed by atoms with Crippen LogP contribution in [0.2, 0.25) is 5.02 Å². The minimum atomic E-state index is -1.09. The summed E-state index contributed by atoms with van der Waals surface area (Å²) >= 11 is 5.87. The molecule has 0 saturated carbocycles. The highest BCUT2D eigenvalue weighted by atomic mass is 35.5. The lowest BCUT2D eigenvalue weighted by Gasteiger charge is -2.33. The van der Waals surface area contributed by atoms with E-state index in [1.807, 2.05) is 13.0 Å². The number of amides is 1. The summed E-state index contributed by atoms with van der Waals surface area (Å²) in [5.74, 6) is -1.08. The topological polar surface area (TPSA) is 66.8 Å². The van der Waals surface area contributed by atoms with Crippen LogP contribution in [0.1, 0.15) is 18.1 Å². The molecule has 0 fully saturated rings. The monoisotopic (exact) mass is 357 g/mol. The second-order valence-corrected chi connectivity index (χ2v) is 6.26. The van der Waals surface area contributed by atoms with E-state index in [9.17, 15) is 14.7 Å². The highest BCUT2D eigenvalue weighted by Crippen LogP contribution is 2.37. The summed E-state index contributed by atoms with van der Waals surface area (Å²) in [4.78, 5) is 25.6. The van der Waals surface area contributed by atoms with Crippen LogP contribution in [0.4, 0.5) is 5.69 Å². The van der Waals surface area contributed by atoms with E-state index >= 15 is 0 Å². The number of hydrogen-bond donors (Lipinski definition) is 1. The van der Waals surface area contributed by atoms with E-state index in [1.54, 1.807) is 42.5 Å². The van der Waals surface area contributed by atoms with Crippen LogP contribution in [-0.2, 0) is 9.59 Å². The van der Waals surface area contributed by atoms with Gasteiger partial charge in [0.2, 0.25) is 0 Å². The quantitative estimate of drug-likeness (QED) is 0.846. The number of anilines is 1. The number of carboxylic acids is 1. The number of hydrogen-bond acceptors (Lipinski definition) is 3. The van der Waals surface area contributed by atoms with Crippen molar-refractivity contribution in [1.29, 1.82) is 0 Å². The molecule has 2 aromatic carbocycles. The van der Waals surface area contributed by atoms with E-state index < -0.39 is 17.9 Å². The van der Waals surface area contributed by atoms with Crippen LogP contribution in [0, 0.1) is 6.92 Å². The Morgan fingerprint density at radius 2 is 1.92 bits per heavy atom. The van der Waals surface area contributed by atoms with E-state index in [1.165, 1.54) is 11.8 Å². The SMILES string of the molecule is Cc1ccc2c(c1)N(C(C)C(=O)O)C(=O)/C(=C\c1ccc(Cl)cc1)O2. The van der Waals surface area contributed by atoms with Gasteiger partial charge < -0.3 is 9.84 Å². The van der Waals surface area contributed by atoms with E-state index in [0.717, 1.165) is 11.1 Å². The number of aliphatic carboxylic acids is 1. The Morgan fingerprint density at radius 1 is 1.24 bits per heavy atom. The summed E-state index contributed by atoms with van der Waals surface area (Å²) in [6.07, 6.45) is 1.57. The van der Waals surface area contributed by atoms with E-state index in [-0.39, 0.29) is 5.76 Å². The van der Waals surface area contributed by atoms with Gasteiger partial charge in [-0.2, -0.15) is 0 Å². The van der Waals surface area contributed by atoms with Crippen molar-refractivity contribution in [2.24, 2.45) is 0 Å². The molecule has 1 N–H and O–H groups in total.